The van der Waals surface area contributed by atoms with E-state index in [0.717, 1.165) is 50.9 Å². The second-order valence-corrected chi connectivity index (χ2v) is 14.2. The van der Waals surface area contributed by atoms with Crippen LogP contribution in [0.25, 0.3) is 71.6 Å². The molecule has 55 heavy (non-hydrogen) atoms. The average molecular weight is 703 g/mol. The molecule has 0 N–H and O–H groups in total. The molecule has 1 aromatic heterocycles. The molecule has 0 saturated heterocycles. The van der Waals surface area contributed by atoms with Gasteiger partial charge in [0.05, 0.1) is 11.0 Å². The van der Waals surface area contributed by atoms with Gasteiger partial charge in [-0.3, -0.25) is 0 Å². The Morgan fingerprint density at radius 2 is 0.964 bits per heavy atom. The summed E-state index contributed by atoms with van der Waals surface area (Å²) in [6, 6.07) is 73.9. The molecule has 258 valence electrons. The Kier molecular flexibility index (Phi) is 7.17. The van der Waals surface area contributed by atoms with E-state index in [1.807, 2.05) is 0 Å². The van der Waals surface area contributed by atoms with E-state index in [0.29, 0.717) is 0 Å². The van der Waals surface area contributed by atoms with Crippen LogP contribution < -0.4 is 9.64 Å². The highest BCUT2D eigenvalue weighted by Gasteiger charge is 2.21. The summed E-state index contributed by atoms with van der Waals surface area (Å²) in [7, 11) is 0. The first kappa shape index (κ1) is 31.2. The van der Waals surface area contributed by atoms with E-state index < -0.39 is 0 Å². The average Bonchev–Trinajstić information content (AvgIpc) is 3.59. The monoisotopic (exact) mass is 702 g/mol. The zero-order chi connectivity index (χ0) is 36.3. The Hall–Kier alpha value is -7.36. The Labute approximate surface area is 319 Å². The van der Waals surface area contributed by atoms with Crippen molar-refractivity contribution in [3.63, 3.8) is 0 Å². The van der Waals surface area contributed by atoms with Crippen molar-refractivity contribution in [2.75, 3.05) is 4.90 Å². The number of para-hydroxylation sites is 2. The van der Waals surface area contributed by atoms with E-state index in [9.17, 15) is 0 Å². The zero-order valence-corrected chi connectivity index (χ0v) is 29.9. The quantitative estimate of drug-likeness (QED) is 0.172. The molecule has 3 heteroatoms. The van der Waals surface area contributed by atoms with Crippen molar-refractivity contribution in [3.8, 4) is 50.6 Å². The summed E-state index contributed by atoms with van der Waals surface area (Å²) in [6.07, 6.45) is 0. The normalized spacial score (nSPS) is 11.8. The highest BCUT2D eigenvalue weighted by Crippen LogP contribution is 2.48. The maximum absolute atomic E-state index is 6.40. The fourth-order valence-corrected chi connectivity index (χ4v) is 8.38. The molecule has 9 aromatic carbocycles. The number of anilines is 3. The maximum atomic E-state index is 6.40. The topological polar surface area (TPSA) is 17.4 Å². The molecule has 0 saturated carbocycles. The summed E-state index contributed by atoms with van der Waals surface area (Å²) < 4.78 is 8.79. The number of hydrogen-bond acceptors (Lipinski definition) is 2. The van der Waals surface area contributed by atoms with Gasteiger partial charge in [0.2, 0.25) is 0 Å². The summed E-state index contributed by atoms with van der Waals surface area (Å²) in [5, 5.41) is 4.83. The lowest BCUT2D eigenvalue weighted by Crippen LogP contribution is -2.10. The molecule has 10 aromatic rings. The third-order valence-electron chi connectivity index (χ3n) is 11.0. The van der Waals surface area contributed by atoms with Crippen LogP contribution in [0.15, 0.2) is 206 Å². The van der Waals surface area contributed by atoms with Crippen molar-refractivity contribution in [2.24, 2.45) is 0 Å². The maximum Gasteiger partial charge on any atom is 0.135 e. The lowest BCUT2D eigenvalue weighted by atomic mass is 9.92. The predicted molar refractivity (Wildman–Crippen MR) is 229 cm³/mol. The minimum absolute atomic E-state index is 0.889. The van der Waals surface area contributed by atoms with Crippen LogP contribution in [0.1, 0.15) is 0 Å². The minimum Gasteiger partial charge on any atom is -0.456 e. The molecule has 11 rings (SSSR count). The molecular weight excluding hydrogens is 669 g/mol. The van der Waals surface area contributed by atoms with Gasteiger partial charge in [-0.2, -0.15) is 0 Å². The van der Waals surface area contributed by atoms with E-state index in [4.69, 9.17) is 4.74 Å². The lowest BCUT2D eigenvalue weighted by molar-refractivity contribution is 0.487. The summed E-state index contributed by atoms with van der Waals surface area (Å²) in [6.45, 7) is 0. The van der Waals surface area contributed by atoms with E-state index in [2.05, 4.69) is 216 Å². The van der Waals surface area contributed by atoms with Gasteiger partial charge >= 0.3 is 0 Å². The third-order valence-corrected chi connectivity index (χ3v) is 11.0. The van der Waals surface area contributed by atoms with Crippen LogP contribution in [0, 0.1) is 0 Å². The van der Waals surface area contributed by atoms with Crippen molar-refractivity contribution in [3.05, 3.63) is 206 Å². The van der Waals surface area contributed by atoms with Crippen molar-refractivity contribution in [1.29, 1.82) is 0 Å². The molecule has 1 aliphatic heterocycles. The molecule has 0 unspecified atom stereocenters. The number of rotatable bonds is 6. The van der Waals surface area contributed by atoms with Crippen molar-refractivity contribution < 1.29 is 4.74 Å². The summed E-state index contributed by atoms with van der Waals surface area (Å²) in [5.41, 5.74) is 13.8. The van der Waals surface area contributed by atoms with E-state index in [1.165, 1.54) is 49.3 Å². The Morgan fingerprint density at radius 3 is 1.73 bits per heavy atom. The highest BCUT2D eigenvalue weighted by atomic mass is 16.5. The van der Waals surface area contributed by atoms with Crippen LogP contribution in [-0.4, -0.2) is 4.57 Å². The first-order valence-electron chi connectivity index (χ1n) is 18.8. The van der Waals surface area contributed by atoms with E-state index in [-0.39, 0.29) is 0 Å². The molecule has 1 aliphatic rings. The van der Waals surface area contributed by atoms with Crippen LogP contribution in [-0.2, 0) is 0 Å². The molecule has 0 aliphatic carbocycles. The van der Waals surface area contributed by atoms with Gasteiger partial charge in [-0.05, 0) is 106 Å². The van der Waals surface area contributed by atoms with Gasteiger partial charge in [-0.15, -0.1) is 0 Å². The minimum atomic E-state index is 0.889. The molecule has 0 bridgehead atoms. The number of benzene rings is 9. The number of hydrogen-bond donors (Lipinski definition) is 0. The lowest BCUT2D eigenvalue weighted by Gasteiger charge is -2.26. The zero-order valence-electron chi connectivity index (χ0n) is 29.9. The van der Waals surface area contributed by atoms with Crippen LogP contribution in [0.3, 0.4) is 0 Å². The Bertz CT molecular complexity index is 3030. The van der Waals surface area contributed by atoms with Crippen LogP contribution >= 0.6 is 0 Å². The predicted octanol–water partition coefficient (Wildman–Crippen LogP) is 14.5. The van der Waals surface area contributed by atoms with E-state index in [1.54, 1.807) is 0 Å². The Balaban J connectivity index is 1.04. The molecule has 3 nitrogen and oxygen atoms in total. The molecule has 0 atom stereocenters. The third kappa shape index (κ3) is 5.20. The molecule has 2 heterocycles. The number of nitrogens with zero attached hydrogens (tertiary/aromatic N) is 2. The second-order valence-electron chi connectivity index (χ2n) is 14.2. The summed E-state index contributed by atoms with van der Waals surface area (Å²) in [5.74, 6) is 1.80. The van der Waals surface area contributed by atoms with Gasteiger partial charge in [0, 0.05) is 44.5 Å². The van der Waals surface area contributed by atoms with Crippen molar-refractivity contribution in [2.45, 2.75) is 0 Å². The largest absolute Gasteiger partial charge is 0.456 e. The van der Waals surface area contributed by atoms with Crippen LogP contribution in [0.5, 0.6) is 11.5 Å². The molecule has 0 fully saturated rings. The number of fused-ring (bicyclic) bond motifs is 5. The van der Waals surface area contributed by atoms with Crippen LogP contribution in [0.2, 0.25) is 0 Å². The van der Waals surface area contributed by atoms with E-state index >= 15 is 0 Å². The first-order valence-corrected chi connectivity index (χ1v) is 18.8. The van der Waals surface area contributed by atoms with Gasteiger partial charge in [0.1, 0.15) is 11.5 Å². The van der Waals surface area contributed by atoms with Crippen LogP contribution in [0.4, 0.5) is 17.1 Å². The van der Waals surface area contributed by atoms with Crippen molar-refractivity contribution in [1.82, 2.24) is 4.57 Å². The highest BCUT2D eigenvalue weighted by molar-refractivity contribution is 6.10. The molecule has 0 spiro atoms. The summed E-state index contributed by atoms with van der Waals surface area (Å²) >= 11 is 0. The second kappa shape index (κ2) is 12.6. The van der Waals surface area contributed by atoms with Gasteiger partial charge in [-0.25, -0.2) is 0 Å². The number of ether oxygens (including phenoxy) is 1. The van der Waals surface area contributed by atoms with Gasteiger partial charge in [0.15, 0.2) is 0 Å². The van der Waals surface area contributed by atoms with Gasteiger partial charge in [0.25, 0.3) is 0 Å². The fraction of sp³-hybridized carbons (Fsp3) is 0. The standard InChI is InChI=1S/C52H34N2O/c1-3-11-35(12-4-1)36-21-26-41(27-22-36)53(43-30-31-45-44-17-7-8-19-48(44)54(49(45)34-43)40-15-5-2-6-16-40)42-28-23-37(24-29-42)39-25-32-50-47(33-39)46-18-9-13-38-14-10-20-51(55-50)52(38)46/h1-34H. The fourth-order valence-electron chi connectivity index (χ4n) is 8.38. The smallest absolute Gasteiger partial charge is 0.135 e. The van der Waals surface area contributed by atoms with Gasteiger partial charge in [-0.1, -0.05) is 133 Å². The number of aromatic nitrogens is 1. The molecule has 0 amide bonds. The first-order chi connectivity index (χ1) is 27.3. The Morgan fingerprint density at radius 1 is 0.364 bits per heavy atom. The van der Waals surface area contributed by atoms with Crippen molar-refractivity contribution >= 4 is 49.6 Å². The van der Waals surface area contributed by atoms with Gasteiger partial charge < -0.3 is 14.2 Å². The molecule has 0 radical (unpaired) electrons. The SMILES string of the molecule is c1ccc(-c2ccc(N(c3ccc(-c4ccc5c(c4)-c4cccc6cccc(c46)O5)cc3)c3ccc4c5ccccc5n(-c5ccccc5)c4c3)cc2)cc1. The molecular formula is C52H34N2O. The summed E-state index contributed by atoms with van der Waals surface area (Å²) in [4.78, 5) is 2.36.